The number of ether oxygens (including phenoxy) is 2. The van der Waals surface area contributed by atoms with Gasteiger partial charge in [0, 0.05) is 32.4 Å². The fraction of sp³-hybridized carbons (Fsp3) is 0.364. The van der Waals surface area contributed by atoms with Gasteiger partial charge in [-0.25, -0.2) is 0 Å². The van der Waals surface area contributed by atoms with E-state index in [1.807, 2.05) is 37.2 Å². The zero-order chi connectivity index (χ0) is 20.1. The van der Waals surface area contributed by atoms with Crippen molar-refractivity contribution in [3.05, 3.63) is 53.6 Å². The molecule has 0 atom stereocenters. The summed E-state index contributed by atoms with van der Waals surface area (Å²) in [6.07, 6.45) is 2.46. The van der Waals surface area contributed by atoms with Crippen molar-refractivity contribution in [2.45, 2.75) is 19.3 Å². The third kappa shape index (κ3) is 4.11. The Labute approximate surface area is 165 Å². The topological polar surface area (TPSA) is 59.1 Å². The minimum atomic E-state index is -0.192. The van der Waals surface area contributed by atoms with E-state index in [-0.39, 0.29) is 11.8 Å². The van der Waals surface area contributed by atoms with Crippen LogP contribution in [0.2, 0.25) is 0 Å². The number of methoxy groups -OCH3 is 1. The molecule has 6 heteroatoms. The second kappa shape index (κ2) is 8.78. The highest BCUT2D eigenvalue weighted by atomic mass is 16.5. The smallest absolute Gasteiger partial charge is 0.261 e. The molecule has 0 N–H and O–H groups in total. The van der Waals surface area contributed by atoms with E-state index >= 15 is 0 Å². The molecule has 0 saturated heterocycles. The summed E-state index contributed by atoms with van der Waals surface area (Å²) in [6.45, 7) is 0.993. The van der Waals surface area contributed by atoms with Crippen LogP contribution < -0.4 is 14.4 Å². The van der Waals surface area contributed by atoms with Crippen LogP contribution in [0.25, 0.3) is 0 Å². The molecular formula is C22H26N2O4. The van der Waals surface area contributed by atoms with Crippen molar-refractivity contribution in [2.24, 2.45) is 0 Å². The van der Waals surface area contributed by atoms with Gasteiger partial charge in [0.2, 0.25) is 0 Å². The van der Waals surface area contributed by atoms with Crippen molar-refractivity contribution in [3.8, 4) is 11.5 Å². The summed E-state index contributed by atoms with van der Waals surface area (Å²) in [5.74, 6) is 1.04. The predicted molar refractivity (Wildman–Crippen MR) is 108 cm³/mol. The Hall–Kier alpha value is -3.02. The molecule has 2 amide bonds. The van der Waals surface area contributed by atoms with Crippen LogP contribution in [0.1, 0.15) is 40.0 Å². The maximum absolute atomic E-state index is 12.3. The second-order valence-electron chi connectivity index (χ2n) is 6.95. The molecule has 2 aromatic rings. The Morgan fingerprint density at radius 1 is 0.893 bits per heavy atom. The van der Waals surface area contributed by atoms with Gasteiger partial charge in [0.1, 0.15) is 0 Å². The first-order valence-electron chi connectivity index (χ1n) is 9.46. The van der Waals surface area contributed by atoms with Crippen LogP contribution in [0.3, 0.4) is 0 Å². The zero-order valence-electron chi connectivity index (χ0n) is 16.6. The van der Waals surface area contributed by atoms with Crippen LogP contribution in [0.5, 0.6) is 11.5 Å². The van der Waals surface area contributed by atoms with Gasteiger partial charge in [-0.1, -0.05) is 12.1 Å². The number of fused-ring (bicyclic) bond motifs is 1. The third-order valence-electron chi connectivity index (χ3n) is 4.83. The van der Waals surface area contributed by atoms with E-state index in [1.54, 1.807) is 31.4 Å². The lowest BCUT2D eigenvalue weighted by Gasteiger charge is -2.16. The lowest BCUT2D eigenvalue weighted by Crippen LogP contribution is -2.30. The lowest BCUT2D eigenvalue weighted by atomic mass is 10.1. The number of rotatable bonds is 9. The molecule has 28 heavy (non-hydrogen) atoms. The Morgan fingerprint density at radius 3 is 2.18 bits per heavy atom. The van der Waals surface area contributed by atoms with Gasteiger partial charge in [-0.15, -0.1) is 0 Å². The Kier molecular flexibility index (Phi) is 6.19. The van der Waals surface area contributed by atoms with Gasteiger partial charge in [-0.05, 0) is 43.5 Å². The van der Waals surface area contributed by atoms with Crippen molar-refractivity contribution in [1.29, 1.82) is 0 Å². The molecule has 0 bridgehead atoms. The summed E-state index contributed by atoms with van der Waals surface area (Å²) in [7, 11) is 5.58. The maximum Gasteiger partial charge on any atom is 0.261 e. The highest BCUT2D eigenvalue weighted by molar-refractivity contribution is 6.21. The average molecular weight is 382 g/mol. The summed E-state index contributed by atoms with van der Waals surface area (Å²) in [5.41, 5.74) is 2.05. The minimum absolute atomic E-state index is 0.192. The normalized spacial score (nSPS) is 12.9. The van der Waals surface area contributed by atoms with E-state index < -0.39 is 0 Å². The van der Waals surface area contributed by atoms with E-state index in [9.17, 15) is 9.59 Å². The summed E-state index contributed by atoms with van der Waals surface area (Å²) in [4.78, 5) is 28.0. The maximum atomic E-state index is 12.3. The standard InChI is InChI=1S/C22H26N2O4/c1-23(2)16-11-12-19(20(15-16)27-3)28-14-8-4-7-13-24-21(25)17-9-5-6-10-18(17)22(24)26/h5-6,9-12,15H,4,7-8,13-14H2,1-3H3. The number of unbranched alkanes of at least 4 members (excludes halogenated alkanes) is 2. The summed E-state index contributed by atoms with van der Waals surface area (Å²) < 4.78 is 11.2. The van der Waals surface area contributed by atoms with Crippen LogP contribution in [-0.2, 0) is 0 Å². The predicted octanol–water partition coefficient (Wildman–Crippen LogP) is 3.61. The lowest BCUT2D eigenvalue weighted by molar-refractivity contribution is 0.0651. The van der Waals surface area contributed by atoms with Crippen LogP contribution in [0, 0.1) is 0 Å². The Balaban J connectivity index is 1.43. The van der Waals surface area contributed by atoms with E-state index in [4.69, 9.17) is 9.47 Å². The second-order valence-corrected chi connectivity index (χ2v) is 6.95. The fourth-order valence-electron chi connectivity index (χ4n) is 3.23. The van der Waals surface area contributed by atoms with Gasteiger partial charge in [-0.3, -0.25) is 14.5 Å². The molecule has 0 unspecified atom stereocenters. The van der Waals surface area contributed by atoms with Gasteiger partial charge in [-0.2, -0.15) is 0 Å². The molecule has 0 saturated carbocycles. The highest BCUT2D eigenvalue weighted by Crippen LogP contribution is 2.31. The quantitative estimate of drug-likeness (QED) is 0.490. The molecule has 0 fully saturated rings. The van der Waals surface area contributed by atoms with Gasteiger partial charge in [0.05, 0.1) is 24.8 Å². The molecule has 148 valence electrons. The number of nitrogens with zero attached hydrogens (tertiary/aromatic N) is 2. The van der Waals surface area contributed by atoms with Crippen LogP contribution in [0.4, 0.5) is 5.69 Å². The fourth-order valence-corrected chi connectivity index (χ4v) is 3.23. The zero-order valence-corrected chi connectivity index (χ0v) is 16.6. The van der Waals surface area contributed by atoms with E-state index in [0.29, 0.717) is 35.8 Å². The van der Waals surface area contributed by atoms with Crippen LogP contribution >= 0.6 is 0 Å². The molecule has 0 aromatic heterocycles. The summed E-state index contributed by atoms with van der Waals surface area (Å²) >= 11 is 0. The molecule has 6 nitrogen and oxygen atoms in total. The van der Waals surface area contributed by atoms with Crippen molar-refractivity contribution < 1.29 is 19.1 Å². The van der Waals surface area contributed by atoms with E-state index in [0.717, 1.165) is 24.9 Å². The first kappa shape index (κ1) is 19.7. The Bertz CT molecular complexity index is 828. The summed E-state index contributed by atoms with van der Waals surface area (Å²) in [6, 6.07) is 12.8. The number of benzene rings is 2. The average Bonchev–Trinajstić information content (AvgIpc) is 2.95. The number of imide groups is 1. The number of amides is 2. The first-order valence-corrected chi connectivity index (χ1v) is 9.46. The van der Waals surface area contributed by atoms with Crippen molar-refractivity contribution in [2.75, 3.05) is 39.3 Å². The van der Waals surface area contributed by atoms with Crippen molar-refractivity contribution >= 4 is 17.5 Å². The van der Waals surface area contributed by atoms with Crippen LogP contribution in [0.15, 0.2) is 42.5 Å². The molecule has 0 radical (unpaired) electrons. The number of carbonyl (C=O) groups is 2. The minimum Gasteiger partial charge on any atom is -0.493 e. The van der Waals surface area contributed by atoms with E-state index in [2.05, 4.69) is 0 Å². The van der Waals surface area contributed by atoms with Gasteiger partial charge >= 0.3 is 0 Å². The molecular weight excluding hydrogens is 356 g/mol. The number of carbonyl (C=O) groups excluding carboxylic acids is 2. The van der Waals surface area contributed by atoms with Crippen molar-refractivity contribution in [1.82, 2.24) is 4.90 Å². The largest absolute Gasteiger partial charge is 0.493 e. The molecule has 1 aliphatic heterocycles. The molecule has 1 aliphatic rings. The molecule has 0 spiro atoms. The monoisotopic (exact) mass is 382 g/mol. The van der Waals surface area contributed by atoms with Crippen LogP contribution in [-0.4, -0.2) is 51.1 Å². The Morgan fingerprint density at radius 2 is 1.57 bits per heavy atom. The number of hydrogen-bond acceptors (Lipinski definition) is 5. The SMILES string of the molecule is COc1cc(N(C)C)ccc1OCCCCCN1C(=O)c2ccccc2C1=O. The highest BCUT2D eigenvalue weighted by Gasteiger charge is 2.34. The van der Waals surface area contributed by atoms with Gasteiger partial charge in [0.25, 0.3) is 11.8 Å². The molecule has 0 aliphatic carbocycles. The molecule has 1 heterocycles. The molecule has 3 rings (SSSR count). The number of anilines is 1. The third-order valence-corrected chi connectivity index (χ3v) is 4.83. The first-order chi connectivity index (χ1) is 13.5. The summed E-state index contributed by atoms with van der Waals surface area (Å²) in [5, 5.41) is 0. The van der Waals surface area contributed by atoms with Gasteiger partial charge in [0.15, 0.2) is 11.5 Å². The van der Waals surface area contributed by atoms with Gasteiger partial charge < -0.3 is 14.4 Å². The number of hydrogen-bond donors (Lipinski definition) is 0. The van der Waals surface area contributed by atoms with E-state index in [1.165, 1.54) is 4.90 Å². The van der Waals surface area contributed by atoms with Crippen molar-refractivity contribution in [3.63, 3.8) is 0 Å². The molecule has 2 aromatic carbocycles.